The van der Waals surface area contributed by atoms with Crippen LogP contribution in [-0.2, 0) is 0 Å². The third-order valence-corrected chi connectivity index (χ3v) is 2.58. The number of aromatic amines is 1. The average molecular weight is 244 g/mol. The molecule has 6 heteroatoms. The smallest absolute Gasteiger partial charge is 0.248 e. The maximum Gasteiger partial charge on any atom is 0.248 e. The first kappa shape index (κ1) is 12.1. The van der Waals surface area contributed by atoms with E-state index in [1.54, 1.807) is 7.05 Å². The Bertz CT molecular complexity index is 557. The van der Waals surface area contributed by atoms with Crippen LogP contribution in [0.25, 0.3) is 0 Å². The highest BCUT2D eigenvalue weighted by atomic mass is 15.3. The number of rotatable bonds is 4. The summed E-state index contributed by atoms with van der Waals surface area (Å²) in [6, 6.07) is 6.14. The van der Waals surface area contributed by atoms with Crippen LogP contribution in [0.2, 0.25) is 0 Å². The molecule has 0 aliphatic carbocycles. The van der Waals surface area contributed by atoms with Gasteiger partial charge in [0.15, 0.2) is 0 Å². The summed E-state index contributed by atoms with van der Waals surface area (Å²) in [5, 5.41) is 12.8. The second-order valence-electron chi connectivity index (χ2n) is 3.96. The van der Waals surface area contributed by atoms with Crippen molar-refractivity contribution in [3.63, 3.8) is 0 Å². The highest BCUT2D eigenvalue weighted by Crippen LogP contribution is 2.17. The molecule has 1 heterocycles. The van der Waals surface area contributed by atoms with E-state index in [0.717, 1.165) is 5.69 Å². The summed E-state index contributed by atoms with van der Waals surface area (Å²) in [6.45, 7) is 4.16. The Labute approximate surface area is 106 Å². The van der Waals surface area contributed by atoms with Gasteiger partial charge in [0.25, 0.3) is 0 Å². The Balaban J connectivity index is 2.08. The van der Waals surface area contributed by atoms with Gasteiger partial charge in [0, 0.05) is 12.7 Å². The molecule has 0 aliphatic rings. The molecule has 0 amide bonds. The van der Waals surface area contributed by atoms with Crippen LogP contribution in [0.1, 0.15) is 11.1 Å². The molecule has 2 rings (SSSR count). The van der Waals surface area contributed by atoms with E-state index in [2.05, 4.69) is 56.8 Å². The van der Waals surface area contributed by atoms with Crippen LogP contribution in [0.5, 0.6) is 0 Å². The SMILES string of the molecule is CN=CNc1n[nH]c(Nc2ccc(C)c(C)c2)n1. The van der Waals surface area contributed by atoms with Crippen molar-refractivity contribution in [2.45, 2.75) is 13.8 Å². The number of hydrogen-bond donors (Lipinski definition) is 3. The Kier molecular flexibility index (Phi) is 3.57. The zero-order valence-corrected chi connectivity index (χ0v) is 10.7. The maximum absolute atomic E-state index is 4.22. The second kappa shape index (κ2) is 5.31. The lowest BCUT2D eigenvalue weighted by atomic mass is 10.1. The molecule has 6 nitrogen and oxygen atoms in total. The quantitative estimate of drug-likeness (QED) is 0.569. The van der Waals surface area contributed by atoms with Crippen LogP contribution in [0.3, 0.4) is 0 Å². The van der Waals surface area contributed by atoms with Crippen molar-refractivity contribution in [2.24, 2.45) is 4.99 Å². The van der Waals surface area contributed by atoms with Crippen molar-refractivity contribution in [1.29, 1.82) is 0 Å². The number of benzene rings is 1. The van der Waals surface area contributed by atoms with Crippen molar-refractivity contribution in [2.75, 3.05) is 17.7 Å². The van der Waals surface area contributed by atoms with Gasteiger partial charge in [-0.1, -0.05) is 6.07 Å². The summed E-state index contributed by atoms with van der Waals surface area (Å²) >= 11 is 0. The lowest BCUT2D eigenvalue weighted by molar-refractivity contribution is 1.10. The van der Waals surface area contributed by atoms with Gasteiger partial charge in [-0.05, 0) is 37.1 Å². The normalized spacial score (nSPS) is 10.8. The molecule has 0 fully saturated rings. The van der Waals surface area contributed by atoms with E-state index < -0.39 is 0 Å². The standard InChI is InChI=1S/C12H16N6/c1-8-4-5-10(6-9(8)2)15-12-16-11(17-18-12)14-7-13-3/h4-7H,1-3H3,(H3,13,14,15,16,17,18). The molecule has 94 valence electrons. The minimum Gasteiger partial charge on any atom is -0.325 e. The lowest BCUT2D eigenvalue weighted by Gasteiger charge is -2.05. The molecule has 0 unspecified atom stereocenters. The summed E-state index contributed by atoms with van der Waals surface area (Å²) in [5.41, 5.74) is 3.47. The van der Waals surface area contributed by atoms with E-state index in [1.165, 1.54) is 17.5 Å². The summed E-state index contributed by atoms with van der Waals surface area (Å²) in [7, 11) is 1.67. The molecule has 0 spiro atoms. The van der Waals surface area contributed by atoms with Gasteiger partial charge in [0.05, 0.1) is 6.34 Å². The number of aryl methyl sites for hydroxylation is 2. The van der Waals surface area contributed by atoms with E-state index in [-0.39, 0.29) is 0 Å². The van der Waals surface area contributed by atoms with Gasteiger partial charge in [-0.2, -0.15) is 4.98 Å². The fourth-order valence-electron chi connectivity index (χ4n) is 1.46. The van der Waals surface area contributed by atoms with Crippen molar-refractivity contribution in [1.82, 2.24) is 15.2 Å². The second-order valence-corrected chi connectivity index (χ2v) is 3.96. The Hall–Kier alpha value is -2.37. The first-order valence-electron chi connectivity index (χ1n) is 5.63. The minimum absolute atomic E-state index is 0.479. The number of aromatic nitrogens is 3. The first-order chi connectivity index (χ1) is 8.69. The molecule has 0 bridgehead atoms. The van der Waals surface area contributed by atoms with E-state index in [4.69, 9.17) is 0 Å². The number of nitrogens with zero attached hydrogens (tertiary/aromatic N) is 3. The molecule has 3 N–H and O–H groups in total. The van der Waals surface area contributed by atoms with Gasteiger partial charge >= 0.3 is 0 Å². The third kappa shape index (κ3) is 2.85. The van der Waals surface area contributed by atoms with Crippen LogP contribution in [0.4, 0.5) is 17.6 Å². The van der Waals surface area contributed by atoms with Crippen molar-refractivity contribution in [3.05, 3.63) is 29.3 Å². The summed E-state index contributed by atoms with van der Waals surface area (Å²) < 4.78 is 0. The Morgan fingerprint density at radius 2 is 2.11 bits per heavy atom. The van der Waals surface area contributed by atoms with Crippen LogP contribution < -0.4 is 10.6 Å². The predicted octanol–water partition coefficient (Wildman–Crippen LogP) is 2.24. The molecule has 0 radical (unpaired) electrons. The largest absolute Gasteiger partial charge is 0.325 e. The number of nitrogens with one attached hydrogen (secondary N) is 3. The molecule has 2 aromatic rings. The van der Waals surface area contributed by atoms with E-state index in [0.29, 0.717) is 11.9 Å². The molecular formula is C12H16N6. The molecule has 0 saturated heterocycles. The number of aliphatic imine (C=N–C) groups is 1. The first-order valence-corrected chi connectivity index (χ1v) is 5.63. The predicted molar refractivity (Wildman–Crippen MR) is 73.6 cm³/mol. The fourth-order valence-corrected chi connectivity index (χ4v) is 1.46. The lowest BCUT2D eigenvalue weighted by Crippen LogP contribution is -1.96. The van der Waals surface area contributed by atoms with Gasteiger partial charge in [0.1, 0.15) is 0 Å². The van der Waals surface area contributed by atoms with Gasteiger partial charge in [-0.15, -0.1) is 5.10 Å². The highest BCUT2D eigenvalue weighted by molar-refractivity contribution is 5.72. The topological polar surface area (TPSA) is 78.0 Å². The zero-order valence-electron chi connectivity index (χ0n) is 10.7. The minimum atomic E-state index is 0.479. The van der Waals surface area contributed by atoms with Gasteiger partial charge in [0.2, 0.25) is 11.9 Å². The van der Waals surface area contributed by atoms with Crippen LogP contribution in [-0.4, -0.2) is 28.6 Å². The molecular weight excluding hydrogens is 228 g/mol. The van der Waals surface area contributed by atoms with Crippen molar-refractivity contribution >= 4 is 23.9 Å². The molecule has 0 aliphatic heterocycles. The van der Waals surface area contributed by atoms with E-state index in [9.17, 15) is 0 Å². The monoisotopic (exact) mass is 244 g/mol. The van der Waals surface area contributed by atoms with E-state index in [1.807, 2.05) is 6.07 Å². The molecule has 1 aromatic heterocycles. The van der Waals surface area contributed by atoms with Crippen molar-refractivity contribution < 1.29 is 0 Å². The number of H-pyrrole nitrogens is 1. The molecule has 0 atom stereocenters. The summed E-state index contributed by atoms with van der Waals surface area (Å²) in [6.07, 6.45) is 1.53. The Morgan fingerprint density at radius 3 is 2.83 bits per heavy atom. The van der Waals surface area contributed by atoms with E-state index >= 15 is 0 Å². The summed E-state index contributed by atoms with van der Waals surface area (Å²) in [5.74, 6) is 1.07. The number of anilines is 3. The van der Waals surface area contributed by atoms with Gasteiger partial charge in [-0.3, -0.25) is 4.99 Å². The van der Waals surface area contributed by atoms with Crippen LogP contribution >= 0.6 is 0 Å². The maximum atomic E-state index is 4.22. The molecule has 1 aromatic carbocycles. The van der Waals surface area contributed by atoms with Crippen LogP contribution in [0.15, 0.2) is 23.2 Å². The van der Waals surface area contributed by atoms with Crippen LogP contribution in [0, 0.1) is 13.8 Å². The van der Waals surface area contributed by atoms with Gasteiger partial charge in [-0.25, -0.2) is 5.10 Å². The third-order valence-electron chi connectivity index (χ3n) is 2.58. The molecule has 0 saturated carbocycles. The highest BCUT2D eigenvalue weighted by Gasteiger charge is 2.02. The van der Waals surface area contributed by atoms with Gasteiger partial charge < -0.3 is 10.6 Å². The summed E-state index contributed by atoms with van der Waals surface area (Å²) in [4.78, 5) is 8.01. The zero-order chi connectivity index (χ0) is 13.0. The fraction of sp³-hybridized carbons (Fsp3) is 0.250. The average Bonchev–Trinajstić information content (AvgIpc) is 2.79. The van der Waals surface area contributed by atoms with Crippen molar-refractivity contribution in [3.8, 4) is 0 Å². The number of hydrogen-bond acceptors (Lipinski definition) is 4. The molecule has 18 heavy (non-hydrogen) atoms. The Morgan fingerprint density at radius 1 is 1.28 bits per heavy atom.